The summed E-state index contributed by atoms with van der Waals surface area (Å²) in [7, 11) is 0. The van der Waals surface area contributed by atoms with E-state index in [-0.39, 0.29) is 18.5 Å². The van der Waals surface area contributed by atoms with Crippen molar-refractivity contribution in [3.63, 3.8) is 0 Å². The summed E-state index contributed by atoms with van der Waals surface area (Å²) in [6.07, 6.45) is 1.36. The molecule has 0 aromatic heterocycles. The van der Waals surface area contributed by atoms with Crippen molar-refractivity contribution in [1.29, 1.82) is 0 Å². The molecule has 2 aromatic carbocycles. The van der Waals surface area contributed by atoms with E-state index in [1.54, 1.807) is 0 Å². The zero-order chi connectivity index (χ0) is 16.6. The van der Waals surface area contributed by atoms with Gasteiger partial charge in [0, 0.05) is 11.4 Å². The molecular formula is C19H21ClO3. The third kappa shape index (κ3) is 3.51. The molecule has 0 radical (unpaired) electrons. The highest BCUT2D eigenvalue weighted by Crippen LogP contribution is 2.30. The maximum atomic E-state index is 11.5. The predicted molar refractivity (Wildman–Crippen MR) is 91.9 cm³/mol. The Kier molecular flexibility index (Phi) is 4.60. The number of cyclic esters (lactones) is 1. The van der Waals surface area contributed by atoms with Crippen LogP contribution in [-0.2, 0) is 16.0 Å². The van der Waals surface area contributed by atoms with Gasteiger partial charge in [-0.25, -0.2) is 0 Å². The number of rotatable bonds is 3. The van der Waals surface area contributed by atoms with Gasteiger partial charge >= 0.3 is 5.97 Å². The summed E-state index contributed by atoms with van der Waals surface area (Å²) in [5, 5.41) is 12.8. The number of aliphatic hydroxyl groups excluding tert-OH is 1. The molecule has 1 aliphatic heterocycles. The lowest BCUT2D eigenvalue weighted by molar-refractivity contribution is -0.160. The van der Waals surface area contributed by atoms with Gasteiger partial charge in [-0.1, -0.05) is 23.7 Å². The molecule has 1 N–H and O–H groups in total. The first-order valence-electron chi connectivity index (χ1n) is 8.00. The van der Waals surface area contributed by atoms with Crippen molar-refractivity contribution in [2.45, 2.75) is 51.7 Å². The van der Waals surface area contributed by atoms with Gasteiger partial charge in [0.1, 0.15) is 6.10 Å². The summed E-state index contributed by atoms with van der Waals surface area (Å²) in [6.45, 7) is 4.21. The molecule has 0 saturated carbocycles. The number of halogens is 1. The van der Waals surface area contributed by atoms with Crippen LogP contribution in [0.25, 0.3) is 10.8 Å². The highest BCUT2D eigenvalue weighted by atomic mass is 35.5. The molecule has 4 heteroatoms. The van der Waals surface area contributed by atoms with Crippen LogP contribution < -0.4 is 0 Å². The molecule has 0 amide bonds. The standard InChI is InChI=1S/C19H21ClO3/c1-11-7-12(2)17(18-8-13(20)3-5-16(11)18)6-4-15-9-14(21)10-19(22)23-15/h3,5,7-8,14-15,21H,4,6,9-10H2,1-2H3/t14-,15?/m1/s1. The van der Waals surface area contributed by atoms with Crippen LogP contribution in [0, 0.1) is 13.8 Å². The van der Waals surface area contributed by atoms with Crippen LogP contribution in [0.5, 0.6) is 0 Å². The normalized spacial score (nSPS) is 21.5. The first-order valence-corrected chi connectivity index (χ1v) is 8.37. The van der Waals surface area contributed by atoms with Crippen LogP contribution in [0.4, 0.5) is 0 Å². The number of aliphatic hydroxyl groups is 1. The number of hydrogen-bond donors (Lipinski definition) is 1. The highest BCUT2D eigenvalue weighted by molar-refractivity contribution is 6.31. The molecule has 2 aromatic rings. The van der Waals surface area contributed by atoms with Crippen LogP contribution in [0.15, 0.2) is 24.3 Å². The summed E-state index contributed by atoms with van der Waals surface area (Å²) in [4.78, 5) is 11.5. The van der Waals surface area contributed by atoms with Gasteiger partial charge in [0.25, 0.3) is 0 Å². The van der Waals surface area contributed by atoms with E-state index in [1.807, 2.05) is 12.1 Å². The van der Waals surface area contributed by atoms with Gasteiger partial charge < -0.3 is 9.84 Å². The fourth-order valence-electron chi connectivity index (χ4n) is 3.49. The van der Waals surface area contributed by atoms with Crippen LogP contribution in [0.2, 0.25) is 5.02 Å². The second-order valence-electron chi connectivity index (χ2n) is 6.42. The Morgan fingerprint density at radius 2 is 2.00 bits per heavy atom. The molecule has 122 valence electrons. The van der Waals surface area contributed by atoms with Crippen molar-refractivity contribution >= 4 is 28.3 Å². The second-order valence-corrected chi connectivity index (χ2v) is 6.86. The van der Waals surface area contributed by atoms with Gasteiger partial charge in [-0.15, -0.1) is 0 Å². The molecule has 23 heavy (non-hydrogen) atoms. The van der Waals surface area contributed by atoms with Crippen molar-refractivity contribution < 1.29 is 14.6 Å². The van der Waals surface area contributed by atoms with E-state index in [2.05, 4.69) is 26.0 Å². The van der Waals surface area contributed by atoms with E-state index in [0.29, 0.717) is 12.8 Å². The minimum Gasteiger partial charge on any atom is -0.462 e. The zero-order valence-electron chi connectivity index (χ0n) is 13.4. The van der Waals surface area contributed by atoms with Crippen LogP contribution >= 0.6 is 11.6 Å². The van der Waals surface area contributed by atoms with Crippen molar-refractivity contribution in [3.8, 4) is 0 Å². The van der Waals surface area contributed by atoms with E-state index in [4.69, 9.17) is 16.3 Å². The monoisotopic (exact) mass is 332 g/mol. The minimum atomic E-state index is -0.577. The average molecular weight is 333 g/mol. The number of ether oxygens (including phenoxy) is 1. The number of hydrogen-bond acceptors (Lipinski definition) is 3. The Labute approximate surface area is 141 Å². The van der Waals surface area contributed by atoms with Gasteiger partial charge in [0.15, 0.2) is 0 Å². The summed E-state index contributed by atoms with van der Waals surface area (Å²) in [6, 6.07) is 8.16. The van der Waals surface area contributed by atoms with Gasteiger partial charge in [0.2, 0.25) is 0 Å². The van der Waals surface area contributed by atoms with E-state index >= 15 is 0 Å². The molecule has 3 rings (SSSR count). The average Bonchev–Trinajstić information content (AvgIpc) is 2.45. The molecule has 1 saturated heterocycles. The largest absolute Gasteiger partial charge is 0.462 e. The predicted octanol–water partition coefficient (Wildman–Crippen LogP) is 4.11. The molecule has 3 nitrogen and oxygen atoms in total. The summed E-state index contributed by atoms with van der Waals surface area (Å²) >= 11 is 6.18. The highest BCUT2D eigenvalue weighted by Gasteiger charge is 2.27. The second kappa shape index (κ2) is 6.50. The lowest BCUT2D eigenvalue weighted by Gasteiger charge is -2.26. The first-order chi connectivity index (χ1) is 10.9. The molecular weight excluding hydrogens is 312 g/mol. The van der Waals surface area contributed by atoms with E-state index in [0.717, 1.165) is 16.8 Å². The number of fused-ring (bicyclic) bond motifs is 1. The maximum absolute atomic E-state index is 11.5. The Hall–Kier alpha value is -1.58. The fourth-order valence-corrected chi connectivity index (χ4v) is 3.66. The SMILES string of the molecule is Cc1cc(C)c2ccc(Cl)cc2c1CCC1C[C@@H](O)CC(=O)O1. The van der Waals surface area contributed by atoms with Crippen LogP contribution in [0.3, 0.4) is 0 Å². The lowest BCUT2D eigenvalue weighted by atomic mass is 9.91. The third-order valence-electron chi connectivity index (χ3n) is 4.59. The fraction of sp³-hybridized carbons (Fsp3) is 0.421. The maximum Gasteiger partial charge on any atom is 0.308 e. The minimum absolute atomic E-state index is 0.110. The Bertz CT molecular complexity index is 754. The molecule has 1 fully saturated rings. The Balaban J connectivity index is 1.88. The van der Waals surface area contributed by atoms with Crippen LogP contribution in [0.1, 0.15) is 36.0 Å². The lowest BCUT2D eigenvalue weighted by Crippen LogP contribution is -2.32. The zero-order valence-corrected chi connectivity index (χ0v) is 14.2. The number of carbonyl (C=O) groups excluding carboxylic acids is 1. The summed E-state index contributed by atoms with van der Waals surface area (Å²) in [5.74, 6) is -0.303. The van der Waals surface area contributed by atoms with E-state index in [9.17, 15) is 9.90 Å². The molecule has 2 atom stereocenters. The molecule has 1 unspecified atom stereocenters. The van der Waals surface area contributed by atoms with Crippen molar-refractivity contribution in [3.05, 3.63) is 46.0 Å². The van der Waals surface area contributed by atoms with E-state index in [1.165, 1.54) is 22.1 Å². The smallest absolute Gasteiger partial charge is 0.308 e. The molecule has 1 aliphatic rings. The quantitative estimate of drug-likeness (QED) is 0.860. The molecule has 0 aliphatic carbocycles. The van der Waals surface area contributed by atoms with Crippen molar-refractivity contribution in [2.75, 3.05) is 0 Å². The molecule has 0 spiro atoms. The first kappa shape index (κ1) is 16.3. The molecule has 1 heterocycles. The van der Waals surface area contributed by atoms with Gasteiger partial charge in [-0.3, -0.25) is 4.79 Å². The topological polar surface area (TPSA) is 46.5 Å². The summed E-state index contributed by atoms with van der Waals surface area (Å²) < 4.78 is 5.35. The van der Waals surface area contributed by atoms with E-state index < -0.39 is 6.10 Å². The van der Waals surface area contributed by atoms with Gasteiger partial charge in [0.05, 0.1) is 12.5 Å². The number of benzene rings is 2. The van der Waals surface area contributed by atoms with Gasteiger partial charge in [-0.05, 0) is 66.3 Å². The number of carbonyl (C=O) groups is 1. The number of esters is 1. The third-order valence-corrected chi connectivity index (χ3v) is 4.83. The Morgan fingerprint density at radius 1 is 1.22 bits per heavy atom. The van der Waals surface area contributed by atoms with Crippen LogP contribution in [-0.4, -0.2) is 23.3 Å². The van der Waals surface area contributed by atoms with Crippen molar-refractivity contribution in [1.82, 2.24) is 0 Å². The summed E-state index contributed by atoms with van der Waals surface area (Å²) in [5.41, 5.74) is 3.70. The number of aryl methyl sites for hydroxylation is 3. The van der Waals surface area contributed by atoms with Gasteiger partial charge in [-0.2, -0.15) is 0 Å². The Morgan fingerprint density at radius 3 is 2.74 bits per heavy atom. The molecule has 0 bridgehead atoms. The van der Waals surface area contributed by atoms with Crippen molar-refractivity contribution in [2.24, 2.45) is 0 Å².